The first-order valence-electron chi connectivity index (χ1n) is 4.51. The minimum atomic E-state index is -1.18. The molecule has 0 saturated heterocycles. The van der Waals surface area contributed by atoms with E-state index in [4.69, 9.17) is 5.11 Å². The lowest BCUT2D eigenvalue weighted by molar-refractivity contribution is -0.131. The Morgan fingerprint density at radius 3 is 2.31 bits per heavy atom. The summed E-state index contributed by atoms with van der Waals surface area (Å²) in [6.45, 7) is 3.55. The number of aliphatic carboxylic acids is 1. The van der Waals surface area contributed by atoms with Gasteiger partial charge in [0.25, 0.3) is 5.91 Å². The molecule has 0 fully saturated rings. The molecule has 0 aromatic carbocycles. The summed E-state index contributed by atoms with van der Waals surface area (Å²) in [4.78, 5) is 29.3. The molecule has 0 bridgehead atoms. The maximum atomic E-state index is 11.2. The van der Waals surface area contributed by atoms with Crippen LogP contribution in [0.25, 0.3) is 0 Å². The number of carboxylic acid groups (broad SMARTS) is 1. The summed E-state index contributed by atoms with van der Waals surface area (Å²) in [5, 5.41) is 10.7. The fourth-order valence-corrected chi connectivity index (χ4v) is 1.08. The zero-order valence-corrected chi connectivity index (χ0v) is 8.89. The quantitative estimate of drug-likeness (QED) is 0.732. The Kier molecular flexibility index (Phi) is 3.71. The molecule has 0 aliphatic rings. The van der Waals surface area contributed by atoms with Gasteiger partial charge in [-0.2, -0.15) is 0 Å². The van der Waals surface area contributed by atoms with E-state index >= 15 is 0 Å². The minimum absolute atomic E-state index is 0.164. The topological polar surface area (TPSA) is 92.2 Å². The van der Waals surface area contributed by atoms with Crippen LogP contribution in [0.3, 0.4) is 0 Å². The number of hydrogen-bond donors (Lipinski definition) is 2. The molecule has 0 saturated carbocycles. The van der Waals surface area contributed by atoms with Gasteiger partial charge in [-0.3, -0.25) is 10.1 Å². The highest BCUT2D eigenvalue weighted by atomic mass is 16.4. The number of nitrogens with one attached hydrogen (secondary N) is 1. The van der Waals surface area contributed by atoms with E-state index < -0.39 is 11.9 Å². The van der Waals surface area contributed by atoms with Crippen molar-refractivity contribution >= 4 is 17.8 Å². The Morgan fingerprint density at radius 1 is 1.25 bits per heavy atom. The number of hydrogen-bond acceptors (Lipinski definition) is 4. The number of carbonyl (C=O) groups is 2. The van der Waals surface area contributed by atoms with Gasteiger partial charge in [-0.15, -0.1) is 0 Å². The van der Waals surface area contributed by atoms with Crippen LogP contribution >= 0.6 is 0 Å². The van der Waals surface area contributed by atoms with Crippen molar-refractivity contribution in [1.29, 1.82) is 0 Å². The third kappa shape index (κ3) is 3.87. The molecule has 0 unspecified atom stereocenters. The lowest BCUT2D eigenvalue weighted by Crippen LogP contribution is -2.12. The van der Waals surface area contributed by atoms with E-state index in [1.54, 1.807) is 19.9 Å². The molecule has 0 spiro atoms. The number of nitrogens with zero attached hydrogens (tertiary/aromatic N) is 2. The van der Waals surface area contributed by atoms with Crippen molar-refractivity contribution in [1.82, 2.24) is 9.97 Å². The molecule has 6 heteroatoms. The molecular formula is C10H11N3O3. The lowest BCUT2D eigenvalue weighted by atomic mass is 10.3. The van der Waals surface area contributed by atoms with Crippen molar-refractivity contribution in [2.45, 2.75) is 13.8 Å². The second-order valence-electron chi connectivity index (χ2n) is 3.14. The molecule has 16 heavy (non-hydrogen) atoms. The first-order valence-corrected chi connectivity index (χ1v) is 4.51. The zero-order chi connectivity index (χ0) is 12.1. The van der Waals surface area contributed by atoms with Crippen molar-refractivity contribution in [3.8, 4) is 0 Å². The largest absolute Gasteiger partial charge is 0.478 e. The standard InChI is InChI=1S/C10H11N3O3/c1-6-5-7(2)12-10(11-6)13-8(14)3-4-9(15)16/h3-5H,1-2H3,(H,15,16)(H,11,12,13,14)/b4-3+. The average Bonchev–Trinajstić information content (AvgIpc) is 2.12. The van der Waals surface area contributed by atoms with Gasteiger partial charge in [0.15, 0.2) is 0 Å². The molecule has 0 radical (unpaired) electrons. The number of carbonyl (C=O) groups excluding carboxylic acids is 1. The maximum Gasteiger partial charge on any atom is 0.328 e. The third-order valence-electron chi connectivity index (χ3n) is 1.59. The summed E-state index contributed by atoms with van der Waals surface area (Å²) in [5.74, 6) is -1.60. The van der Waals surface area contributed by atoms with Crippen LogP contribution in [0.2, 0.25) is 0 Å². The first kappa shape index (κ1) is 11.8. The Hall–Kier alpha value is -2.24. The van der Waals surface area contributed by atoms with Crippen LogP contribution in [-0.2, 0) is 9.59 Å². The van der Waals surface area contributed by atoms with Crippen molar-refractivity contribution < 1.29 is 14.7 Å². The monoisotopic (exact) mass is 221 g/mol. The van der Waals surface area contributed by atoms with Gasteiger partial charge < -0.3 is 5.11 Å². The van der Waals surface area contributed by atoms with Gasteiger partial charge in [0.1, 0.15) is 0 Å². The molecule has 1 rings (SSSR count). The van der Waals surface area contributed by atoms with E-state index in [1.165, 1.54) is 0 Å². The number of rotatable bonds is 3. The van der Waals surface area contributed by atoms with Gasteiger partial charge in [-0.25, -0.2) is 14.8 Å². The van der Waals surface area contributed by atoms with Crippen molar-refractivity contribution in [2.75, 3.05) is 5.32 Å². The number of carboxylic acids is 1. The second kappa shape index (κ2) is 5.01. The van der Waals surface area contributed by atoms with Gasteiger partial charge in [-0.1, -0.05) is 0 Å². The predicted octanol–water partition coefficient (Wildman–Crippen LogP) is 0.673. The zero-order valence-electron chi connectivity index (χ0n) is 8.89. The molecular weight excluding hydrogens is 210 g/mol. The fraction of sp³-hybridized carbons (Fsp3) is 0.200. The maximum absolute atomic E-state index is 11.2. The molecule has 1 heterocycles. The van der Waals surface area contributed by atoms with Crippen molar-refractivity contribution in [3.05, 3.63) is 29.6 Å². The number of aromatic nitrogens is 2. The minimum Gasteiger partial charge on any atom is -0.478 e. The second-order valence-corrected chi connectivity index (χ2v) is 3.14. The van der Waals surface area contributed by atoms with Crippen LogP contribution in [0.4, 0.5) is 5.95 Å². The normalized spacial score (nSPS) is 10.4. The SMILES string of the molecule is Cc1cc(C)nc(NC(=O)/C=C/C(=O)O)n1. The molecule has 0 atom stereocenters. The molecule has 0 aliphatic heterocycles. The average molecular weight is 221 g/mol. The van der Waals surface area contributed by atoms with Crippen molar-refractivity contribution in [2.24, 2.45) is 0 Å². The Balaban J connectivity index is 2.73. The van der Waals surface area contributed by atoms with Gasteiger partial charge >= 0.3 is 5.97 Å². The summed E-state index contributed by atoms with van der Waals surface area (Å²) in [5.41, 5.74) is 1.45. The van der Waals surface area contributed by atoms with Gasteiger partial charge in [0.2, 0.25) is 5.95 Å². The van der Waals surface area contributed by atoms with Gasteiger partial charge in [-0.05, 0) is 19.9 Å². The molecule has 0 aliphatic carbocycles. The van der Waals surface area contributed by atoms with E-state index in [2.05, 4.69) is 15.3 Å². The Morgan fingerprint density at radius 2 is 1.81 bits per heavy atom. The summed E-state index contributed by atoms with van der Waals surface area (Å²) in [6, 6.07) is 1.77. The van der Waals surface area contributed by atoms with E-state index in [0.717, 1.165) is 23.5 Å². The number of amides is 1. The summed E-state index contributed by atoms with van der Waals surface area (Å²) < 4.78 is 0. The van der Waals surface area contributed by atoms with E-state index in [1.807, 2.05) is 0 Å². The van der Waals surface area contributed by atoms with E-state index in [9.17, 15) is 9.59 Å². The molecule has 1 aromatic rings. The third-order valence-corrected chi connectivity index (χ3v) is 1.59. The highest BCUT2D eigenvalue weighted by Gasteiger charge is 2.02. The molecule has 1 amide bonds. The van der Waals surface area contributed by atoms with Crippen LogP contribution in [-0.4, -0.2) is 27.0 Å². The van der Waals surface area contributed by atoms with Crippen LogP contribution in [0.1, 0.15) is 11.4 Å². The molecule has 84 valence electrons. The molecule has 2 N–H and O–H groups in total. The van der Waals surface area contributed by atoms with Crippen LogP contribution in [0.5, 0.6) is 0 Å². The van der Waals surface area contributed by atoms with Crippen molar-refractivity contribution in [3.63, 3.8) is 0 Å². The van der Waals surface area contributed by atoms with Crippen LogP contribution in [0, 0.1) is 13.8 Å². The van der Waals surface area contributed by atoms with E-state index in [-0.39, 0.29) is 5.95 Å². The molecule has 1 aromatic heterocycles. The predicted molar refractivity (Wildman–Crippen MR) is 56.9 cm³/mol. The first-order chi connectivity index (χ1) is 7.47. The lowest BCUT2D eigenvalue weighted by Gasteiger charge is -2.02. The summed E-state index contributed by atoms with van der Waals surface area (Å²) in [7, 11) is 0. The van der Waals surface area contributed by atoms with Crippen LogP contribution < -0.4 is 5.32 Å². The highest BCUT2D eigenvalue weighted by molar-refractivity contribution is 6.01. The van der Waals surface area contributed by atoms with Gasteiger partial charge in [0, 0.05) is 23.5 Å². The molecule has 6 nitrogen and oxygen atoms in total. The number of aryl methyl sites for hydroxylation is 2. The Labute approximate surface area is 92.0 Å². The number of anilines is 1. The van der Waals surface area contributed by atoms with Gasteiger partial charge in [0.05, 0.1) is 0 Å². The van der Waals surface area contributed by atoms with E-state index in [0.29, 0.717) is 0 Å². The fourth-order valence-electron chi connectivity index (χ4n) is 1.08. The summed E-state index contributed by atoms with van der Waals surface area (Å²) >= 11 is 0. The smallest absolute Gasteiger partial charge is 0.328 e. The Bertz CT molecular complexity index is 434. The van der Waals surface area contributed by atoms with Crippen LogP contribution in [0.15, 0.2) is 18.2 Å². The summed E-state index contributed by atoms with van der Waals surface area (Å²) in [6.07, 6.45) is 1.65. The highest BCUT2D eigenvalue weighted by Crippen LogP contribution is 2.03.